The highest BCUT2D eigenvalue weighted by molar-refractivity contribution is 4.84. The fourth-order valence-electron chi connectivity index (χ4n) is 3.58. The van der Waals surface area contributed by atoms with E-state index in [-0.39, 0.29) is 0 Å². The smallest absolute Gasteiger partial charge is 0.314 e. The molecule has 0 aromatic carbocycles. The Balaban J connectivity index is 2.33. The molecule has 21 heavy (non-hydrogen) atoms. The van der Waals surface area contributed by atoms with Gasteiger partial charge in [0.2, 0.25) is 0 Å². The van der Waals surface area contributed by atoms with Crippen molar-refractivity contribution in [2.24, 2.45) is 11.8 Å². The first-order valence-electron chi connectivity index (χ1n) is 8.79. The first kappa shape index (κ1) is 18.8. The lowest BCUT2D eigenvalue weighted by atomic mass is 9.77. The Morgan fingerprint density at radius 3 is 2.10 bits per heavy atom. The zero-order chi connectivity index (χ0) is 15.7. The van der Waals surface area contributed by atoms with Gasteiger partial charge in [0.05, 0.1) is 5.92 Å². The van der Waals surface area contributed by atoms with Crippen LogP contribution in [-0.2, 0) is 0 Å². The van der Waals surface area contributed by atoms with Crippen molar-refractivity contribution in [3.8, 4) is 0 Å². The van der Waals surface area contributed by atoms with E-state index in [4.69, 9.17) is 0 Å². The Kier molecular flexibility index (Phi) is 8.69. The molecule has 126 valence electrons. The molecule has 0 bridgehead atoms. The van der Waals surface area contributed by atoms with Crippen molar-refractivity contribution in [2.75, 3.05) is 6.54 Å². The lowest BCUT2D eigenvalue weighted by Gasteiger charge is -2.35. The molecule has 1 aliphatic rings. The van der Waals surface area contributed by atoms with Crippen LogP contribution in [0.1, 0.15) is 78.1 Å². The zero-order valence-corrected chi connectivity index (χ0v) is 13.6. The molecule has 0 heterocycles. The van der Waals surface area contributed by atoms with Crippen LogP contribution in [0.4, 0.5) is 13.2 Å². The van der Waals surface area contributed by atoms with Gasteiger partial charge in [-0.3, -0.25) is 0 Å². The molecule has 1 saturated carbocycles. The molecular weight excluding hydrogens is 275 g/mol. The molecule has 1 fully saturated rings. The van der Waals surface area contributed by atoms with Crippen LogP contribution < -0.4 is 5.32 Å². The third kappa shape index (κ3) is 7.03. The molecule has 1 aliphatic carbocycles. The largest absolute Gasteiger partial charge is 0.391 e. The maximum Gasteiger partial charge on any atom is 0.391 e. The average molecular weight is 307 g/mol. The van der Waals surface area contributed by atoms with Gasteiger partial charge in [0.15, 0.2) is 0 Å². The summed E-state index contributed by atoms with van der Waals surface area (Å²) in [7, 11) is 0. The van der Waals surface area contributed by atoms with Gasteiger partial charge in [-0.2, -0.15) is 13.2 Å². The predicted octanol–water partition coefficient (Wildman–Crippen LogP) is 5.69. The van der Waals surface area contributed by atoms with Gasteiger partial charge < -0.3 is 5.32 Å². The minimum atomic E-state index is -3.99. The van der Waals surface area contributed by atoms with Crippen LogP contribution in [0, 0.1) is 11.8 Å². The second-order valence-electron chi connectivity index (χ2n) is 6.52. The normalized spacial score (nSPS) is 25.0. The van der Waals surface area contributed by atoms with E-state index in [0.717, 1.165) is 25.8 Å². The summed E-state index contributed by atoms with van der Waals surface area (Å²) in [6, 6.07) is 0.422. The lowest BCUT2D eigenvalue weighted by molar-refractivity contribution is -0.184. The molecule has 1 nitrogen and oxygen atoms in total. The van der Waals surface area contributed by atoms with Gasteiger partial charge in [-0.1, -0.05) is 46.0 Å². The molecule has 0 aliphatic heterocycles. The molecule has 0 aromatic rings. The number of nitrogens with one attached hydrogen (secondary N) is 1. The summed E-state index contributed by atoms with van der Waals surface area (Å²) in [5, 5.41) is 3.52. The topological polar surface area (TPSA) is 12.0 Å². The van der Waals surface area contributed by atoms with Gasteiger partial charge in [-0.05, 0) is 44.6 Å². The van der Waals surface area contributed by atoms with E-state index in [1.807, 2.05) is 0 Å². The standard InChI is InChI=1S/C17H32F3N/c1-3-5-6-7-8-9-16(21-4-2)14-10-12-15(13-11-14)17(18,19)20/h14-16,21H,3-13H2,1-2H3. The van der Waals surface area contributed by atoms with Crippen LogP contribution in [0.5, 0.6) is 0 Å². The van der Waals surface area contributed by atoms with Gasteiger partial charge in [-0.15, -0.1) is 0 Å². The van der Waals surface area contributed by atoms with Gasteiger partial charge in [0, 0.05) is 6.04 Å². The molecule has 1 unspecified atom stereocenters. The van der Waals surface area contributed by atoms with Crippen LogP contribution >= 0.6 is 0 Å². The maximum atomic E-state index is 12.7. The molecule has 1 atom stereocenters. The summed E-state index contributed by atoms with van der Waals surface area (Å²) in [5.41, 5.74) is 0. The third-order valence-electron chi connectivity index (χ3n) is 4.89. The molecule has 1 N–H and O–H groups in total. The summed E-state index contributed by atoms with van der Waals surface area (Å²) >= 11 is 0. The minimum Gasteiger partial charge on any atom is -0.314 e. The highest BCUT2D eigenvalue weighted by Crippen LogP contribution is 2.40. The molecular formula is C17H32F3N. The van der Waals surface area contributed by atoms with Crippen molar-refractivity contribution in [3.05, 3.63) is 0 Å². The van der Waals surface area contributed by atoms with Crippen LogP contribution in [-0.4, -0.2) is 18.8 Å². The average Bonchev–Trinajstić information content (AvgIpc) is 2.45. The first-order valence-corrected chi connectivity index (χ1v) is 8.79. The number of alkyl halides is 3. The monoisotopic (exact) mass is 307 g/mol. The van der Waals surface area contributed by atoms with Crippen molar-refractivity contribution >= 4 is 0 Å². The predicted molar refractivity (Wildman–Crippen MR) is 82.3 cm³/mol. The van der Waals surface area contributed by atoms with E-state index in [1.165, 1.54) is 32.1 Å². The van der Waals surface area contributed by atoms with Crippen molar-refractivity contribution in [1.82, 2.24) is 5.32 Å². The maximum absolute atomic E-state index is 12.7. The summed E-state index contributed by atoms with van der Waals surface area (Å²) in [5.74, 6) is -0.615. The Labute approximate surface area is 128 Å². The Hall–Kier alpha value is -0.250. The van der Waals surface area contributed by atoms with Crippen LogP contribution in [0.15, 0.2) is 0 Å². The quantitative estimate of drug-likeness (QED) is 0.539. The van der Waals surface area contributed by atoms with E-state index in [0.29, 0.717) is 24.8 Å². The van der Waals surface area contributed by atoms with Gasteiger partial charge in [0.1, 0.15) is 0 Å². The van der Waals surface area contributed by atoms with Crippen molar-refractivity contribution in [2.45, 2.75) is 90.3 Å². The third-order valence-corrected chi connectivity index (χ3v) is 4.89. The van der Waals surface area contributed by atoms with Crippen LogP contribution in [0.3, 0.4) is 0 Å². The Morgan fingerprint density at radius 1 is 0.952 bits per heavy atom. The summed E-state index contributed by atoms with van der Waals surface area (Å²) < 4.78 is 38.2. The van der Waals surface area contributed by atoms with Crippen LogP contribution in [0.2, 0.25) is 0 Å². The summed E-state index contributed by atoms with van der Waals surface area (Å²) in [4.78, 5) is 0. The minimum absolute atomic E-state index is 0.325. The fraction of sp³-hybridized carbons (Fsp3) is 1.00. The highest BCUT2D eigenvalue weighted by atomic mass is 19.4. The Bertz CT molecular complexity index is 257. The number of hydrogen-bond donors (Lipinski definition) is 1. The first-order chi connectivity index (χ1) is 9.99. The van der Waals surface area contributed by atoms with Gasteiger partial charge in [-0.25, -0.2) is 0 Å². The van der Waals surface area contributed by atoms with Crippen molar-refractivity contribution < 1.29 is 13.2 Å². The lowest BCUT2D eigenvalue weighted by Crippen LogP contribution is -2.39. The summed E-state index contributed by atoms with van der Waals surface area (Å²) in [6.07, 6.45) is 5.55. The van der Waals surface area contributed by atoms with Gasteiger partial charge in [0.25, 0.3) is 0 Å². The summed E-state index contributed by atoms with van der Waals surface area (Å²) in [6.45, 7) is 5.21. The zero-order valence-electron chi connectivity index (χ0n) is 13.6. The van der Waals surface area contributed by atoms with E-state index in [2.05, 4.69) is 19.2 Å². The van der Waals surface area contributed by atoms with E-state index in [9.17, 15) is 13.2 Å². The van der Waals surface area contributed by atoms with E-state index in [1.54, 1.807) is 0 Å². The van der Waals surface area contributed by atoms with Crippen molar-refractivity contribution in [3.63, 3.8) is 0 Å². The molecule has 0 radical (unpaired) electrons. The number of hydrogen-bond acceptors (Lipinski definition) is 1. The number of halogens is 3. The van der Waals surface area contributed by atoms with E-state index < -0.39 is 12.1 Å². The molecule has 1 rings (SSSR count). The SMILES string of the molecule is CCCCCCCC(NCC)C1CCC(C(F)(F)F)CC1. The molecule has 0 amide bonds. The molecule has 0 saturated heterocycles. The second-order valence-corrected chi connectivity index (χ2v) is 6.52. The van der Waals surface area contributed by atoms with Crippen LogP contribution in [0.25, 0.3) is 0 Å². The molecule has 0 aromatic heterocycles. The second kappa shape index (κ2) is 9.70. The van der Waals surface area contributed by atoms with E-state index >= 15 is 0 Å². The van der Waals surface area contributed by atoms with Gasteiger partial charge >= 0.3 is 6.18 Å². The number of rotatable bonds is 9. The Morgan fingerprint density at radius 2 is 1.57 bits per heavy atom. The van der Waals surface area contributed by atoms with Crippen molar-refractivity contribution in [1.29, 1.82) is 0 Å². The number of unbranched alkanes of at least 4 members (excludes halogenated alkanes) is 4. The molecule has 0 spiro atoms. The fourth-order valence-corrected chi connectivity index (χ4v) is 3.58. The highest BCUT2D eigenvalue weighted by Gasteiger charge is 2.42. The molecule has 4 heteroatoms.